The van der Waals surface area contributed by atoms with Crippen molar-refractivity contribution in [2.75, 3.05) is 12.3 Å². The third-order valence-electron chi connectivity index (χ3n) is 4.07. The number of rotatable bonds is 6. The maximum atomic E-state index is 11.7. The third kappa shape index (κ3) is 4.23. The number of anilines is 1. The smallest absolute Gasteiger partial charge is 0.338 e. The number of unbranched alkanes of at least 4 members (excludes halogenated alkanes) is 1. The Bertz CT molecular complexity index is 431. The van der Waals surface area contributed by atoms with Crippen molar-refractivity contribution in [1.29, 1.82) is 0 Å². The molecule has 0 heterocycles. The molecule has 0 aliphatic heterocycles. The molecule has 0 unspecified atom stereocenters. The van der Waals surface area contributed by atoms with Crippen molar-refractivity contribution in [2.45, 2.75) is 44.6 Å². The summed E-state index contributed by atoms with van der Waals surface area (Å²) < 4.78 is 5.25. The van der Waals surface area contributed by atoms with Crippen LogP contribution in [0.3, 0.4) is 0 Å². The number of benzene rings is 1. The zero-order chi connectivity index (χ0) is 14.4. The summed E-state index contributed by atoms with van der Waals surface area (Å²) in [5, 5.41) is 0. The summed E-state index contributed by atoms with van der Waals surface area (Å²) in [6, 6.07) is 7.17. The van der Waals surface area contributed by atoms with E-state index in [4.69, 9.17) is 16.2 Å². The molecule has 0 bridgehead atoms. The number of ether oxygens (including phenoxy) is 1. The molecule has 2 rings (SSSR count). The summed E-state index contributed by atoms with van der Waals surface area (Å²) >= 11 is 0. The molecule has 0 radical (unpaired) electrons. The number of hydrogen-bond acceptors (Lipinski definition) is 4. The fourth-order valence-electron chi connectivity index (χ4n) is 2.80. The summed E-state index contributed by atoms with van der Waals surface area (Å²) in [6.07, 6.45) is 6.82. The van der Waals surface area contributed by atoms with E-state index in [-0.39, 0.29) is 5.97 Å². The number of esters is 1. The lowest BCUT2D eigenvalue weighted by Gasteiger charge is -2.14. The van der Waals surface area contributed by atoms with Crippen LogP contribution in [0.5, 0.6) is 0 Å². The summed E-state index contributed by atoms with van der Waals surface area (Å²) in [5.74, 6) is 0.394. The van der Waals surface area contributed by atoms with Gasteiger partial charge in [0.2, 0.25) is 0 Å². The van der Waals surface area contributed by atoms with Crippen LogP contribution in [0.1, 0.15) is 48.9 Å². The van der Waals surface area contributed by atoms with Crippen molar-refractivity contribution in [1.82, 2.24) is 0 Å². The van der Waals surface area contributed by atoms with E-state index in [0.29, 0.717) is 29.8 Å². The Hall–Kier alpha value is -1.55. The number of nitrogen functional groups attached to an aromatic ring is 1. The average molecular weight is 276 g/mol. The lowest BCUT2D eigenvalue weighted by molar-refractivity contribution is 0.0496. The van der Waals surface area contributed by atoms with Gasteiger partial charge in [0.15, 0.2) is 0 Å². The Labute approximate surface area is 120 Å². The van der Waals surface area contributed by atoms with Crippen LogP contribution < -0.4 is 11.5 Å². The molecule has 4 N–H and O–H groups in total. The highest BCUT2D eigenvalue weighted by Gasteiger charge is 2.22. The van der Waals surface area contributed by atoms with Gasteiger partial charge in [-0.2, -0.15) is 0 Å². The van der Waals surface area contributed by atoms with Gasteiger partial charge in [0, 0.05) is 11.7 Å². The van der Waals surface area contributed by atoms with Gasteiger partial charge in [0.1, 0.15) is 0 Å². The molecule has 1 saturated carbocycles. The molecular formula is C16H24N2O2. The van der Waals surface area contributed by atoms with E-state index in [9.17, 15) is 4.79 Å². The fraction of sp³-hybridized carbons (Fsp3) is 0.562. The standard InChI is InChI=1S/C16H24N2O2/c17-14-9-7-13(8-10-14)16(19)20-11-2-1-4-12-5-3-6-15(12)18/h7-10,12,15H,1-6,11,17-18H2/t12-,15-/m1/s1. The first-order chi connectivity index (χ1) is 9.66. The molecule has 1 aromatic rings. The van der Waals surface area contributed by atoms with Crippen LogP contribution in [-0.2, 0) is 4.74 Å². The third-order valence-corrected chi connectivity index (χ3v) is 4.07. The molecule has 1 aliphatic rings. The second-order valence-corrected chi connectivity index (χ2v) is 5.61. The van der Waals surface area contributed by atoms with Crippen LogP contribution in [0.2, 0.25) is 0 Å². The van der Waals surface area contributed by atoms with E-state index in [1.54, 1.807) is 24.3 Å². The summed E-state index contributed by atoms with van der Waals surface area (Å²) in [6.45, 7) is 0.477. The molecule has 4 heteroatoms. The molecule has 1 fully saturated rings. The Balaban J connectivity index is 1.61. The summed E-state index contributed by atoms with van der Waals surface area (Å²) in [4.78, 5) is 11.7. The second kappa shape index (κ2) is 7.29. The van der Waals surface area contributed by atoms with Crippen LogP contribution in [0.4, 0.5) is 5.69 Å². The Kier molecular flexibility index (Phi) is 5.41. The molecule has 0 spiro atoms. The molecule has 0 amide bonds. The second-order valence-electron chi connectivity index (χ2n) is 5.61. The van der Waals surface area contributed by atoms with Crippen LogP contribution in [-0.4, -0.2) is 18.6 Å². The summed E-state index contributed by atoms with van der Waals surface area (Å²) in [7, 11) is 0. The Morgan fingerprint density at radius 3 is 2.60 bits per heavy atom. The van der Waals surface area contributed by atoms with Crippen molar-refractivity contribution in [3.8, 4) is 0 Å². The molecular weight excluding hydrogens is 252 g/mol. The van der Waals surface area contributed by atoms with Crippen molar-refractivity contribution in [3.63, 3.8) is 0 Å². The van der Waals surface area contributed by atoms with E-state index in [1.165, 1.54) is 12.8 Å². The van der Waals surface area contributed by atoms with E-state index in [1.807, 2.05) is 0 Å². The topological polar surface area (TPSA) is 78.3 Å². The minimum Gasteiger partial charge on any atom is -0.462 e. The lowest BCUT2D eigenvalue weighted by Crippen LogP contribution is -2.24. The molecule has 0 aromatic heterocycles. The number of hydrogen-bond donors (Lipinski definition) is 2. The average Bonchev–Trinajstić information content (AvgIpc) is 2.84. The van der Waals surface area contributed by atoms with E-state index in [0.717, 1.165) is 25.7 Å². The number of carbonyl (C=O) groups is 1. The molecule has 0 saturated heterocycles. The van der Waals surface area contributed by atoms with Gasteiger partial charge in [-0.1, -0.05) is 6.42 Å². The molecule has 110 valence electrons. The van der Waals surface area contributed by atoms with Gasteiger partial charge in [0.25, 0.3) is 0 Å². The zero-order valence-corrected chi connectivity index (χ0v) is 11.9. The quantitative estimate of drug-likeness (QED) is 0.476. The maximum Gasteiger partial charge on any atom is 0.338 e. The highest BCUT2D eigenvalue weighted by molar-refractivity contribution is 5.89. The van der Waals surface area contributed by atoms with E-state index in [2.05, 4.69) is 0 Å². The van der Waals surface area contributed by atoms with Gasteiger partial charge in [-0.05, 0) is 62.3 Å². The normalized spacial score (nSPS) is 21.9. The minimum absolute atomic E-state index is 0.275. The molecule has 4 nitrogen and oxygen atoms in total. The first-order valence-corrected chi connectivity index (χ1v) is 7.45. The van der Waals surface area contributed by atoms with Gasteiger partial charge in [-0.3, -0.25) is 0 Å². The van der Waals surface area contributed by atoms with E-state index < -0.39 is 0 Å². The van der Waals surface area contributed by atoms with Crippen LogP contribution in [0.25, 0.3) is 0 Å². The first kappa shape index (κ1) is 14.9. The van der Waals surface area contributed by atoms with Crippen molar-refractivity contribution < 1.29 is 9.53 Å². The van der Waals surface area contributed by atoms with Crippen molar-refractivity contribution >= 4 is 11.7 Å². The maximum absolute atomic E-state index is 11.7. The molecule has 1 aromatic carbocycles. The van der Waals surface area contributed by atoms with Crippen LogP contribution in [0.15, 0.2) is 24.3 Å². The van der Waals surface area contributed by atoms with Gasteiger partial charge in [-0.15, -0.1) is 0 Å². The first-order valence-electron chi connectivity index (χ1n) is 7.45. The van der Waals surface area contributed by atoms with Gasteiger partial charge in [-0.25, -0.2) is 4.79 Å². The van der Waals surface area contributed by atoms with Crippen molar-refractivity contribution in [2.24, 2.45) is 11.7 Å². The predicted octanol–water partition coefficient (Wildman–Crippen LogP) is 2.72. The van der Waals surface area contributed by atoms with Gasteiger partial charge < -0.3 is 16.2 Å². The summed E-state index contributed by atoms with van der Waals surface area (Å²) in [5.41, 5.74) is 12.8. The fourth-order valence-corrected chi connectivity index (χ4v) is 2.80. The number of nitrogens with two attached hydrogens (primary N) is 2. The monoisotopic (exact) mass is 276 g/mol. The molecule has 20 heavy (non-hydrogen) atoms. The molecule has 2 atom stereocenters. The SMILES string of the molecule is Nc1ccc(C(=O)OCCCC[C@@H]2CCC[C@H]2N)cc1. The minimum atomic E-state index is -0.275. The Morgan fingerprint density at radius 1 is 1.20 bits per heavy atom. The van der Waals surface area contributed by atoms with E-state index >= 15 is 0 Å². The number of carbonyl (C=O) groups excluding carboxylic acids is 1. The molecule has 1 aliphatic carbocycles. The van der Waals surface area contributed by atoms with Gasteiger partial charge >= 0.3 is 5.97 Å². The highest BCUT2D eigenvalue weighted by atomic mass is 16.5. The van der Waals surface area contributed by atoms with Crippen LogP contribution in [0, 0.1) is 5.92 Å². The highest BCUT2D eigenvalue weighted by Crippen LogP contribution is 2.28. The lowest BCUT2D eigenvalue weighted by atomic mass is 9.97. The zero-order valence-electron chi connectivity index (χ0n) is 11.9. The predicted molar refractivity (Wildman–Crippen MR) is 80.3 cm³/mol. The largest absolute Gasteiger partial charge is 0.462 e. The van der Waals surface area contributed by atoms with Crippen molar-refractivity contribution in [3.05, 3.63) is 29.8 Å². The Morgan fingerprint density at radius 2 is 1.95 bits per heavy atom. The van der Waals surface area contributed by atoms with Crippen LogP contribution >= 0.6 is 0 Å². The van der Waals surface area contributed by atoms with Gasteiger partial charge in [0.05, 0.1) is 12.2 Å².